The van der Waals surface area contributed by atoms with Gasteiger partial charge >= 0.3 is 0 Å². The van der Waals surface area contributed by atoms with E-state index in [0.717, 1.165) is 41.9 Å². The molecule has 3 aliphatic rings. The Kier molecular flexibility index (Phi) is 3.03. The number of benzene rings is 1. The molecule has 5 atom stereocenters. The number of nitrogens with one attached hydrogen (secondary N) is 1. The third-order valence-corrected chi connectivity index (χ3v) is 6.05. The molecule has 0 spiro atoms. The minimum Gasteiger partial charge on any atom is -0.496 e. The van der Waals surface area contributed by atoms with E-state index in [2.05, 4.69) is 36.5 Å². The third-order valence-electron chi connectivity index (χ3n) is 6.05. The van der Waals surface area contributed by atoms with Crippen molar-refractivity contribution >= 4 is 0 Å². The lowest BCUT2D eigenvalue weighted by Gasteiger charge is -2.22. The lowest BCUT2D eigenvalue weighted by molar-refractivity contribution is 0.382. The summed E-state index contributed by atoms with van der Waals surface area (Å²) in [4.78, 5) is 0. The van der Waals surface area contributed by atoms with Crippen LogP contribution in [0.1, 0.15) is 44.2 Å². The second kappa shape index (κ2) is 4.77. The summed E-state index contributed by atoms with van der Waals surface area (Å²) in [6.45, 7) is 2.27. The van der Waals surface area contributed by atoms with Crippen LogP contribution in [-0.2, 0) is 0 Å². The first-order chi connectivity index (χ1) is 9.83. The first-order valence-electron chi connectivity index (χ1n) is 8.22. The van der Waals surface area contributed by atoms with Gasteiger partial charge in [0.25, 0.3) is 0 Å². The Morgan fingerprint density at radius 3 is 2.55 bits per heavy atom. The predicted molar refractivity (Wildman–Crippen MR) is 80.8 cm³/mol. The molecule has 0 radical (unpaired) electrons. The Balaban J connectivity index is 1.50. The summed E-state index contributed by atoms with van der Waals surface area (Å²) in [5, 5.41) is 3.95. The summed E-state index contributed by atoms with van der Waals surface area (Å²) >= 11 is 0. The zero-order valence-corrected chi connectivity index (χ0v) is 12.5. The largest absolute Gasteiger partial charge is 0.496 e. The van der Waals surface area contributed by atoms with E-state index >= 15 is 0 Å². The molecule has 0 heterocycles. The Morgan fingerprint density at radius 1 is 1.20 bits per heavy atom. The molecule has 5 unspecified atom stereocenters. The maximum absolute atomic E-state index is 5.54. The normalized spacial score (nSPS) is 38.6. The zero-order chi connectivity index (χ0) is 13.7. The Bertz CT molecular complexity index is 484. The molecule has 0 aromatic heterocycles. The molecule has 2 heteroatoms. The Morgan fingerprint density at radius 2 is 1.90 bits per heavy atom. The number of fused-ring (bicyclic) bond motifs is 5. The van der Waals surface area contributed by atoms with Crippen LogP contribution in [0, 0.1) is 23.7 Å². The van der Waals surface area contributed by atoms with Gasteiger partial charge in [0.2, 0.25) is 0 Å². The van der Waals surface area contributed by atoms with Gasteiger partial charge in [-0.25, -0.2) is 0 Å². The standard InChI is InChI=1S/C18H25NO/c1-3-14(13-6-4-5-7-15(13)20-2)19-18-16-11-8-9-12(10-11)17(16)18/h4-7,11-12,14,16-19H,3,8-10H2,1-2H3. The fraction of sp³-hybridized carbons (Fsp3) is 0.667. The van der Waals surface area contributed by atoms with Crippen molar-refractivity contribution in [1.29, 1.82) is 0 Å². The monoisotopic (exact) mass is 271 g/mol. The molecule has 0 amide bonds. The molecule has 2 nitrogen and oxygen atoms in total. The van der Waals surface area contributed by atoms with Crippen LogP contribution in [0.3, 0.4) is 0 Å². The third kappa shape index (κ3) is 1.81. The number of rotatable bonds is 5. The molecule has 3 fully saturated rings. The number of para-hydroxylation sites is 1. The summed E-state index contributed by atoms with van der Waals surface area (Å²) in [6, 6.07) is 9.71. The van der Waals surface area contributed by atoms with Crippen molar-refractivity contribution in [2.45, 2.75) is 44.7 Å². The molecule has 2 bridgehead atoms. The van der Waals surface area contributed by atoms with Gasteiger partial charge in [0.15, 0.2) is 0 Å². The fourth-order valence-corrected chi connectivity index (χ4v) is 5.16. The van der Waals surface area contributed by atoms with E-state index in [1.807, 2.05) is 0 Å². The van der Waals surface area contributed by atoms with E-state index in [1.165, 1.54) is 24.8 Å². The van der Waals surface area contributed by atoms with Crippen LogP contribution in [0.15, 0.2) is 24.3 Å². The average molecular weight is 271 g/mol. The highest BCUT2D eigenvalue weighted by molar-refractivity contribution is 5.36. The second-order valence-corrected chi connectivity index (χ2v) is 6.88. The molecule has 3 aliphatic carbocycles. The van der Waals surface area contributed by atoms with Crippen LogP contribution in [0.5, 0.6) is 5.75 Å². The zero-order valence-electron chi connectivity index (χ0n) is 12.5. The maximum Gasteiger partial charge on any atom is 0.123 e. The van der Waals surface area contributed by atoms with Gasteiger partial charge in [0, 0.05) is 17.6 Å². The van der Waals surface area contributed by atoms with Crippen LogP contribution in [0.2, 0.25) is 0 Å². The predicted octanol–water partition coefficient (Wildman–Crippen LogP) is 3.78. The van der Waals surface area contributed by atoms with Crippen molar-refractivity contribution in [3.05, 3.63) is 29.8 Å². The van der Waals surface area contributed by atoms with Crippen molar-refractivity contribution in [3.8, 4) is 5.75 Å². The van der Waals surface area contributed by atoms with Crippen LogP contribution >= 0.6 is 0 Å². The van der Waals surface area contributed by atoms with E-state index in [1.54, 1.807) is 7.11 Å². The summed E-state index contributed by atoms with van der Waals surface area (Å²) < 4.78 is 5.54. The number of hydrogen-bond donors (Lipinski definition) is 1. The molecule has 1 aromatic carbocycles. The quantitative estimate of drug-likeness (QED) is 0.880. The molecule has 0 aliphatic heterocycles. The van der Waals surface area contributed by atoms with Crippen LogP contribution in [-0.4, -0.2) is 13.2 Å². The van der Waals surface area contributed by atoms with E-state index in [-0.39, 0.29) is 0 Å². The van der Waals surface area contributed by atoms with Gasteiger partial charge in [0.05, 0.1) is 7.11 Å². The van der Waals surface area contributed by atoms with Crippen molar-refractivity contribution < 1.29 is 4.74 Å². The maximum atomic E-state index is 5.54. The molecule has 4 rings (SSSR count). The molecular formula is C18H25NO. The highest BCUT2D eigenvalue weighted by Gasteiger charge is 2.64. The van der Waals surface area contributed by atoms with E-state index in [0.29, 0.717) is 6.04 Å². The van der Waals surface area contributed by atoms with Gasteiger partial charge < -0.3 is 10.1 Å². The fourth-order valence-electron chi connectivity index (χ4n) is 5.16. The second-order valence-electron chi connectivity index (χ2n) is 6.88. The van der Waals surface area contributed by atoms with E-state index in [4.69, 9.17) is 4.74 Å². The first-order valence-corrected chi connectivity index (χ1v) is 8.22. The van der Waals surface area contributed by atoms with Crippen molar-refractivity contribution in [1.82, 2.24) is 5.32 Å². The molecule has 108 valence electrons. The van der Waals surface area contributed by atoms with Gasteiger partial charge in [-0.1, -0.05) is 25.1 Å². The lowest BCUT2D eigenvalue weighted by Crippen LogP contribution is -2.28. The van der Waals surface area contributed by atoms with Crippen molar-refractivity contribution in [2.75, 3.05) is 7.11 Å². The molecule has 1 N–H and O–H groups in total. The number of hydrogen-bond acceptors (Lipinski definition) is 2. The molecule has 0 saturated heterocycles. The molecule has 3 saturated carbocycles. The highest BCUT2D eigenvalue weighted by Crippen LogP contribution is 2.66. The first kappa shape index (κ1) is 12.7. The molecule has 1 aromatic rings. The summed E-state index contributed by atoms with van der Waals surface area (Å²) in [6.07, 6.45) is 5.65. The lowest BCUT2D eigenvalue weighted by atomic mass is 10.0. The van der Waals surface area contributed by atoms with Gasteiger partial charge in [-0.2, -0.15) is 0 Å². The Labute approximate surface area is 121 Å². The number of ether oxygens (including phenoxy) is 1. The van der Waals surface area contributed by atoms with Crippen LogP contribution in [0.4, 0.5) is 0 Å². The summed E-state index contributed by atoms with van der Waals surface area (Å²) in [5.74, 6) is 5.10. The van der Waals surface area contributed by atoms with E-state index < -0.39 is 0 Å². The van der Waals surface area contributed by atoms with Gasteiger partial charge in [0.1, 0.15) is 5.75 Å². The van der Waals surface area contributed by atoms with Crippen LogP contribution < -0.4 is 10.1 Å². The minimum atomic E-state index is 0.446. The molecule has 20 heavy (non-hydrogen) atoms. The Hall–Kier alpha value is -1.02. The van der Waals surface area contributed by atoms with Crippen LogP contribution in [0.25, 0.3) is 0 Å². The summed E-state index contributed by atoms with van der Waals surface area (Å²) in [5.41, 5.74) is 1.33. The smallest absolute Gasteiger partial charge is 0.123 e. The average Bonchev–Trinajstić information content (AvgIpc) is 2.87. The van der Waals surface area contributed by atoms with Gasteiger partial charge in [-0.15, -0.1) is 0 Å². The van der Waals surface area contributed by atoms with E-state index in [9.17, 15) is 0 Å². The minimum absolute atomic E-state index is 0.446. The SMILES string of the molecule is CCC(NC1C2C3CCC(C3)C12)c1ccccc1OC. The summed E-state index contributed by atoms with van der Waals surface area (Å²) in [7, 11) is 1.78. The highest BCUT2D eigenvalue weighted by atomic mass is 16.5. The van der Waals surface area contributed by atoms with Crippen molar-refractivity contribution in [2.24, 2.45) is 23.7 Å². The number of methoxy groups -OCH3 is 1. The van der Waals surface area contributed by atoms with Gasteiger partial charge in [-0.05, 0) is 55.4 Å². The topological polar surface area (TPSA) is 21.3 Å². The molecular weight excluding hydrogens is 246 g/mol. The van der Waals surface area contributed by atoms with Gasteiger partial charge in [-0.3, -0.25) is 0 Å². The van der Waals surface area contributed by atoms with Crippen molar-refractivity contribution in [3.63, 3.8) is 0 Å².